The minimum absolute atomic E-state index is 0.375. The third-order valence-electron chi connectivity index (χ3n) is 0.539. The highest BCUT2D eigenvalue weighted by Gasteiger charge is 1.95. The first-order valence-electron chi connectivity index (χ1n) is 1.77. The van der Waals surface area contributed by atoms with Crippen LogP contribution in [0.4, 0.5) is 8.78 Å². The van der Waals surface area contributed by atoms with E-state index in [1.165, 1.54) is 0 Å². The molecule has 7 heavy (non-hydrogen) atoms. The SMILES string of the molecule is CC(C[O])=C(F)F. The van der Waals surface area contributed by atoms with Crippen LogP contribution in [-0.2, 0) is 5.11 Å². The second-order valence-electron chi connectivity index (χ2n) is 1.19. The lowest BCUT2D eigenvalue weighted by Crippen LogP contribution is -1.81. The molecular weight excluding hydrogens is 102 g/mol. The Bertz CT molecular complexity index is 83.7. The monoisotopic (exact) mass is 107 g/mol. The second-order valence-corrected chi connectivity index (χ2v) is 1.19. The van der Waals surface area contributed by atoms with Gasteiger partial charge in [0.15, 0.2) is 0 Å². The van der Waals surface area contributed by atoms with Crippen LogP contribution in [0.5, 0.6) is 0 Å². The molecule has 0 unspecified atom stereocenters. The van der Waals surface area contributed by atoms with Crippen LogP contribution in [0.3, 0.4) is 0 Å². The fourth-order valence-electron chi connectivity index (χ4n) is 0.0546. The lowest BCUT2D eigenvalue weighted by atomic mass is 10.4. The highest BCUT2D eigenvalue weighted by atomic mass is 19.3. The van der Waals surface area contributed by atoms with Gasteiger partial charge in [-0.3, -0.25) is 0 Å². The molecule has 0 aromatic carbocycles. The Labute approximate surface area is 40.3 Å². The van der Waals surface area contributed by atoms with Gasteiger partial charge in [0.25, 0.3) is 6.08 Å². The molecule has 0 heterocycles. The van der Waals surface area contributed by atoms with Crippen molar-refractivity contribution < 1.29 is 13.9 Å². The average molecular weight is 107 g/mol. The zero-order chi connectivity index (χ0) is 5.86. The van der Waals surface area contributed by atoms with Crippen molar-refractivity contribution in [1.29, 1.82) is 0 Å². The quantitative estimate of drug-likeness (QED) is 0.485. The molecule has 0 aromatic rings. The summed E-state index contributed by atoms with van der Waals surface area (Å²) in [5.74, 6) is 0. The van der Waals surface area contributed by atoms with E-state index in [0.29, 0.717) is 0 Å². The summed E-state index contributed by atoms with van der Waals surface area (Å²) in [6.45, 7) is 0.310. The Kier molecular flexibility index (Phi) is 2.52. The molecule has 41 valence electrons. The molecule has 1 nitrogen and oxygen atoms in total. The zero-order valence-electron chi connectivity index (χ0n) is 3.87. The molecule has 0 aliphatic carbocycles. The normalized spacial score (nSPS) is 8.57. The van der Waals surface area contributed by atoms with Crippen LogP contribution < -0.4 is 0 Å². The lowest BCUT2D eigenvalue weighted by Gasteiger charge is -1.84. The standard InChI is InChI=1S/C4H5F2O/c1-3(2-7)4(5)6/h2H2,1H3. The Morgan fingerprint density at radius 3 is 2.00 bits per heavy atom. The minimum atomic E-state index is -1.85. The van der Waals surface area contributed by atoms with Crippen molar-refractivity contribution in [2.24, 2.45) is 0 Å². The first-order chi connectivity index (χ1) is 3.18. The molecular formula is C4H5F2O. The fraction of sp³-hybridized carbons (Fsp3) is 0.500. The molecule has 0 saturated heterocycles. The Balaban J connectivity index is 3.72. The summed E-state index contributed by atoms with van der Waals surface area (Å²) in [5.41, 5.74) is -0.375. The van der Waals surface area contributed by atoms with E-state index in [9.17, 15) is 13.9 Å². The molecule has 0 aromatic heterocycles. The molecule has 0 aliphatic rings. The van der Waals surface area contributed by atoms with E-state index in [-0.39, 0.29) is 5.57 Å². The van der Waals surface area contributed by atoms with E-state index in [1.807, 2.05) is 0 Å². The smallest absolute Gasteiger partial charge is 0.232 e. The average Bonchev–Trinajstić information content (AvgIpc) is 1.65. The van der Waals surface area contributed by atoms with Crippen molar-refractivity contribution in [2.45, 2.75) is 6.92 Å². The van der Waals surface area contributed by atoms with Crippen molar-refractivity contribution in [3.05, 3.63) is 11.7 Å². The third kappa shape index (κ3) is 2.28. The van der Waals surface area contributed by atoms with Crippen LogP contribution in [0.25, 0.3) is 0 Å². The van der Waals surface area contributed by atoms with Crippen molar-refractivity contribution in [2.75, 3.05) is 6.61 Å². The maximum Gasteiger partial charge on any atom is 0.271 e. The molecule has 1 radical (unpaired) electrons. The number of hydrogen-bond acceptors (Lipinski definition) is 0. The van der Waals surface area contributed by atoms with Crippen LogP contribution >= 0.6 is 0 Å². The topological polar surface area (TPSA) is 19.9 Å². The van der Waals surface area contributed by atoms with E-state index < -0.39 is 12.7 Å². The molecule has 0 saturated carbocycles. The van der Waals surface area contributed by atoms with Gasteiger partial charge in [-0.05, 0) is 6.92 Å². The molecule has 0 fully saturated rings. The van der Waals surface area contributed by atoms with Crippen LogP contribution in [0.1, 0.15) is 6.92 Å². The van der Waals surface area contributed by atoms with Crippen molar-refractivity contribution in [3.63, 3.8) is 0 Å². The minimum Gasteiger partial charge on any atom is -0.232 e. The highest BCUT2D eigenvalue weighted by Crippen LogP contribution is 2.04. The molecule has 0 N–H and O–H groups in total. The molecule has 0 amide bonds. The number of rotatable bonds is 1. The van der Waals surface area contributed by atoms with Gasteiger partial charge in [0.05, 0.1) is 0 Å². The molecule has 0 atom stereocenters. The van der Waals surface area contributed by atoms with Crippen LogP contribution in [0.15, 0.2) is 11.7 Å². The molecule has 0 aliphatic heterocycles. The van der Waals surface area contributed by atoms with Gasteiger partial charge in [-0.1, -0.05) is 0 Å². The summed E-state index contributed by atoms with van der Waals surface area (Å²) in [7, 11) is 0. The summed E-state index contributed by atoms with van der Waals surface area (Å²) < 4.78 is 22.2. The van der Waals surface area contributed by atoms with Crippen LogP contribution in [-0.4, -0.2) is 6.61 Å². The summed E-state index contributed by atoms with van der Waals surface area (Å²) >= 11 is 0. The molecule has 0 bridgehead atoms. The van der Waals surface area contributed by atoms with Gasteiger partial charge in [-0.2, -0.15) is 8.78 Å². The van der Waals surface area contributed by atoms with Gasteiger partial charge in [0.1, 0.15) is 6.61 Å². The maximum atomic E-state index is 11.1. The second kappa shape index (κ2) is 2.69. The number of hydrogen-bond donors (Lipinski definition) is 0. The molecule has 0 spiro atoms. The summed E-state index contributed by atoms with van der Waals surface area (Å²) in [5, 5.41) is 9.53. The van der Waals surface area contributed by atoms with Crippen LogP contribution in [0.2, 0.25) is 0 Å². The van der Waals surface area contributed by atoms with E-state index in [4.69, 9.17) is 0 Å². The van der Waals surface area contributed by atoms with Gasteiger partial charge < -0.3 is 0 Å². The first kappa shape index (κ1) is 6.56. The summed E-state index contributed by atoms with van der Waals surface area (Å²) in [4.78, 5) is 0. The molecule has 0 rings (SSSR count). The van der Waals surface area contributed by atoms with Crippen molar-refractivity contribution in [3.8, 4) is 0 Å². The van der Waals surface area contributed by atoms with Crippen LogP contribution in [0, 0.1) is 0 Å². The van der Waals surface area contributed by atoms with E-state index in [0.717, 1.165) is 6.92 Å². The Hall–Kier alpha value is -0.440. The van der Waals surface area contributed by atoms with Crippen molar-refractivity contribution >= 4 is 0 Å². The van der Waals surface area contributed by atoms with Gasteiger partial charge in [0, 0.05) is 5.57 Å². The van der Waals surface area contributed by atoms with Gasteiger partial charge >= 0.3 is 0 Å². The highest BCUT2D eigenvalue weighted by molar-refractivity contribution is 4.96. The largest absolute Gasteiger partial charge is 0.271 e. The summed E-state index contributed by atoms with van der Waals surface area (Å²) in [6.07, 6.45) is -1.85. The first-order valence-corrected chi connectivity index (χ1v) is 1.77. The Morgan fingerprint density at radius 1 is 1.57 bits per heavy atom. The van der Waals surface area contributed by atoms with Gasteiger partial charge in [-0.25, -0.2) is 5.11 Å². The predicted octanol–water partition coefficient (Wildman–Crippen LogP) is 1.59. The number of halogens is 2. The fourth-order valence-corrected chi connectivity index (χ4v) is 0.0546. The van der Waals surface area contributed by atoms with E-state index in [2.05, 4.69) is 0 Å². The Morgan fingerprint density at radius 2 is 2.00 bits per heavy atom. The summed E-state index contributed by atoms with van der Waals surface area (Å²) in [6, 6.07) is 0. The van der Waals surface area contributed by atoms with E-state index >= 15 is 0 Å². The lowest BCUT2D eigenvalue weighted by molar-refractivity contribution is 0.215. The van der Waals surface area contributed by atoms with E-state index in [1.54, 1.807) is 0 Å². The predicted molar refractivity (Wildman–Crippen MR) is 20.5 cm³/mol. The van der Waals surface area contributed by atoms with Gasteiger partial charge in [-0.15, -0.1) is 0 Å². The van der Waals surface area contributed by atoms with Gasteiger partial charge in [0.2, 0.25) is 0 Å². The zero-order valence-corrected chi connectivity index (χ0v) is 3.87. The molecule has 3 heteroatoms. The maximum absolute atomic E-state index is 11.1. The third-order valence-corrected chi connectivity index (χ3v) is 0.539. The van der Waals surface area contributed by atoms with Crippen molar-refractivity contribution in [1.82, 2.24) is 0 Å².